The Bertz CT molecular complexity index is 343. The van der Waals surface area contributed by atoms with Gasteiger partial charge in [-0.3, -0.25) is 0 Å². The molecular formula is C14H22O2. The summed E-state index contributed by atoms with van der Waals surface area (Å²) in [6.45, 7) is 6.05. The van der Waals surface area contributed by atoms with Crippen LogP contribution in [0.25, 0.3) is 0 Å². The number of para-hydroxylation sites is 1. The molecule has 0 fully saturated rings. The molecule has 0 aromatic heterocycles. The van der Waals surface area contributed by atoms with Crippen molar-refractivity contribution < 1.29 is 10.2 Å². The number of aliphatic hydroxyl groups is 1. The fraction of sp³-hybridized carbons (Fsp3) is 0.571. The largest absolute Gasteiger partial charge is 0.507 e. The number of phenols is 1. The number of aliphatic hydroxyl groups excluding tert-OH is 1. The molecule has 1 aromatic carbocycles. The van der Waals surface area contributed by atoms with Gasteiger partial charge in [-0.1, -0.05) is 45.4 Å². The molecule has 0 saturated heterocycles. The lowest BCUT2D eigenvalue weighted by atomic mass is 9.83. The molecule has 16 heavy (non-hydrogen) atoms. The lowest BCUT2D eigenvalue weighted by Crippen LogP contribution is -2.22. The van der Waals surface area contributed by atoms with Crippen LogP contribution in [0.4, 0.5) is 0 Å². The standard InChI is InChI=1S/C14H22O2/c1-4-5-7-11-8-6-9-12(13(11)16)14(2,3)10-15/h6,8-9,15-16H,4-5,7,10H2,1-3H3. The van der Waals surface area contributed by atoms with Gasteiger partial charge in [-0.25, -0.2) is 0 Å². The Morgan fingerprint density at radius 1 is 1.25 bits per heavy atom. The van der Waals surface area contributed by atoms with Gasteiger partial charge >= 0.3 is 0 Å². The average Bonchev–Trinajstić information content (AvgIpc) is 2.27. The van der Waals surface area contributed by atoms with Crippen LogP contribution in [-0.4, -0.2) is 16.8 Å². The van der Waals surface area contributed by atoms with E-state index >= 15 is 0 Å². The summed E-state index contributed by atoms with van der Waals surface area (Å²) in [5, 5.41) is 19.5. The van der Waals surface area contributed by atoms with E-state index in [2.05, 4.69) is 6.92 Å². The van der Waals surface area contributed by atoms with E-state index in [1.165, 1.54) is 0 Å². The van der Waals surface area contributed by atoms with Crippen molar-refractivity contribution >= 4 is 0 Å². The van der Waals surface area contributed by atoms with Crippen LogP contribution in [0.5, 0.6) is 5.75 Å². The van der Waals surface area contributed by atoms with Crippen molar-refractivity contribution in [2.75, 3.05) is 6.61 Å². The highest BCUT2D eigenvalue weighted by atomic mass is 16.3. The van der Waals surface area contributed by atoms with Crippen molar-refractivity contribution in [1.82, 2.24) is 0 Å². The molecule has 0 heterocycles. The van der Waals surface area contributed by atoms with Gasteiger partial charge in [-0.2, -0.15) is 0 Å². The van der Waals surface area contributed by atoms with Crippen LogP contribution in [0, 0.1) is 0 Å². The molecule has 0 amide bonds. The van der Waals surface area contributed by atoms with E-state index in [9.17, 15) is 10.2 Å². The Hall–Kier alpha value is -1.02. The maximum absolute atomic E-state index is 10.2. The number of unbranched alkanes of at least 4 members (excludes halogenated alkanes) is 1. The summed E-state index contributed by atoms with van der Waals surface area (Å²) >= 11 is 0. The maximum Gasteiger partial charge on any atom is 0.122 e. The summed E-state index contributed by atoms with van der Waals surface area (Å²) in [5.74, 6) is 0.356. The molecule has 2 heteroatoms. The monoisotopic (exact) mass is 222 g/mol. The van der Waals surface area contributed by atoms with E-state index in [1.54, 1.807) is 0 Å². The van der Waals surface area contributed by atoms with Gasteiger partial charge in [0, 0.05) is 11.0 Å². The second kappa shape index (κ2) is 5.35. The molecule has 0 unspecified atom stereocenters. The summed E-state index contributed by atoms with van der Waals surface area (Å²) in [6.07, 6.45) is 3.10. The highest BCUT2D eigenvalue weighted by Gasteiger charge is 2.23. The van der Waals surface area contributed by atoms with Crippen molar-refractivity contribution in [2.45, 2.75) is 45.4 Å². The SMILES string of the molecule is CCCCc1cccc(C(C)(C)CO)c1O. The lowest BCUT2D eigenvalue weighted by molar-refractivity contribution is 0.215. The zero-order chi connectivity index (χ0) is 12.2. The molecule has 1 rings (SSSR count). The molecule has 0 bridgehead atoms. The molecule has 0 radical (unpaired) electrons. The fourth-order valence-electron chi connectivity index (χ4n) is 1.79. The normalized spacial score (nSPS) is 11.8. The van der Waals surface area contributed by atoms with E-state index in [-0.39, 0.29) is 12.0 Å². The first-order valence-electron chi connectivity index (χ1n) is 5.95. The highest BCUT2D eigenvalue weighted by molar-refractivity contribution is 5.44. The molecule has 0 aliphatic rings. The van der Waals surface area contributed by atoms with Crippen molar-refractivity contribution in [3.05, 3.63) is 29.3 Å². The van der Waals surface area contributed by atoms with Gasteiger partial charge in [0.05, 0.1) is 6.61 Å². The second-order valence-electron chi connectivity index (χ2n) is 4.96. The smallest absolute Gasteiger partial charge is 0.122 e. The van der Waals surface area contributed by atoms with Crippen LogP contribution in [-0.2, 0) is 11.8 Å². The third kappa shape index (κ3) is 2.76. The molecule has 0 aliphatic heterocycles. The fourth-order valence-corrected chi connectivity index (χ4v) is 1.79. The first kappa shape index (κ1) is 13.0. The van der Waals surface area contributed by atoms with Crippen LogP contribution in [0.15, 0.2) is 18.2 Å². The predicted octanol–water partition coefficient (Wildman–Crippen LogP) is 3.00. The average molecular weight is 222 g/mol. The Balaban J connectivity index is 3.03. The summed E-state index contributed by atoms with van der Waals surface area (Å²) in [4.78, 5) is 0. The van der Waals surface area contributed by atoms with E-state index < -0.39 is 0 Å². The molecule has 0 atom stereocenters. The van der Waals surface area contributed by atoms with Crippen molar-refractivity contribution in [1.29, 1.82) is 0 Å². The van der Waals surface area contributed by atoms with Gasteiger partial charge < -0.3 is 10.2 Å². The molecule has 2 N–H and O–H groups in total. The number of hydrogen-bond donors (Lipinski definition) is 2. The molecule has 0 aliphatic carbocycles. The first-order chi connectivity index (χ1) is 7.53. The van der Waals surface area contributed by atoms with E-state index in [0.717, 1.165) is 30.4 Å². The molecule has 1 aromatic rings. The molecule has 90 valence electrons. The number of aromatic hydroxyl groups is 1. The van der Waals surface area contributed by atoms with Gasteiger partial charge in [0.25, 0.3) is 0 Å². The first-order valence-corrected chi connectivity index (χ1v) is 5.95. The van der Waals surface area contributed by atoms with Gasteiger partial charge in [-0.05, 0) is 18.4 Å². The Labute approximate surface area is 97.9 Å². The molecule has 0 spiro atoms. The van der Waals surface area contributed by atoms with Gasteiger partial charge in [0.2, 0.25) is 0 Å². The Morgan fingerprint density at radius 3 is 2.50 bits per heavy atom. The second-order valence-corrected chi connectivity index (χ2v) is 4.96. The van der Waals surface area contributed by atoms with Gasteiger partial charge in [0.15, 0.2) is 0 Å². The zero-order valence-corrected chi connectivity index (χ0v) is 10.5. The minimum Gasteiger partial charge on any atom is -0.507 e. The molecule has 2 nitrogen and oxygen atoms in total. The van der Waals surface area contributed by atoms with Gasteiger partial charge in [0.1, 0.15) is 5.75 Å². The van der Waals surface area contributed by atoms with E-state index in [1.807, 2.05) is 32.0 Å². The number of rotatable bonds is 5. The summed E-state index contributed by atoms with van der Waals surface area (Å²) in [5.41, 5.74) is 1.44. The van der Waals surface area contributed by atoms with Crippen molar-refractivity contribution in [3.8, 4) is 5.75 Å². The van der Waals surface area contributed by atoms with Crippen molar-refractivity contribution in [2.24, 2.45) is 0 Å². The van der Waals surface area contributed by atoms with E-state index in [0.29, 0.717) is 5.75 Å². The zero-order valence-electron chi connectivity index (χ0n) is 10.5. The number of benzene rings is 1. The summed E-state index contributed by atoms with van der Waals surface area (Å²) in [7, 11) is 0. The maximum atomic E-state index is 10.2. The minimum absolute atomic E-state index is 0.0395. The number of hydrogen-bond acceptors (Lipinski definition) is 2. The quantitative estimate of drug-likeness (QED) is 0.804. The third-order valence-corrected chi connectivity index (χ3v) is 3.04. The highest BCUT2D eigenvalue weighted by Crippen LogP contribution is 2.33. The minimum atomic E-state index is -0.383. The van der Waals surface area contributed by atoms with Crippen LogP contribution in [0.3, 0.4) is 0 Å². The molecule has 0 saturated carbocycles. The topological polar surface area (TPSA) is 40.5 Å². The Kier molecular flexibility index (Phi) is 4.36. The van der Waals surface area contributed by atoms with Crippen LogP contribution in [0.1, 0.15) is 44.7 Å². The van der Waals surface area contributed by atoms with E-state index in [4.69, 9.17) is 0 Å². The number of aryl methyl sites for hydroxylation is 1. The third-order valence-electron chi connectivity index (χ3n) is 3.04. The Morgan fingerprint density at radius 2 is 1.94 bits per heavy atom. The van der Waals surface area contributed by atoms with Crippen molar-refractivity contribution in [3.63, 3.8) is 0 Å². The van der Waals surface area contributed by atoms with Gasteiger partial charge in [-0.15, -0.1) is 0 Å². The number of phenolic OH excluding ortho intramolecular Hbond substituents is 1. The predicted molar refractivity (Wildman–Crippen MR) is 66.8 cm³/mol. The van der Waals surface area contributed by atoms with Crippen LogP contribution in [0.2, 0.25) is 0 Å². The van der Waals surface area contributed by atoms with Crippen LogP contribution < -0.4 is 0 Å². The summed E-state index contributed by atoms with van der Waals surface area (Å²) < 4.78 is 0. The van der Waals surface area contributed by atoms with Crippen LogP contribution >= 0.6 is 0 Å². The summed E-state index contributed by atoms with van der Waals surface area (Å²) in [6, 6.07) is 5.81. The molecular weight excluding hydrogens is 200 g/mol. The lowest BCUT2D eigenvalue weighted by Gasteiger charge is -2.24.